The molecule has 152 valence electrons. The fraction of sp³-hybridized carbons (Fsp3) is 0.417. The predicted octanol–water partition coefficient (Wildman–Crippen LogP) is 4.63. The number of nitrogens with zero attached hydrogens (tertiary/aromatic N) is 3. The van der Waals surface area contributed by atoms with E-state index in [1.165, 1.54) is 19.3 Å². The van der Waals surface area contributed by atoms with Gasteiger partial charge in [0.05, 0.1) is 18.5 Å². The van der Waals surface area contributed by atoms with Crippen molar-refractivity contribution in [3.05, 3.63) is 59.0 Å². The van der Waals surface area contributed by atoms with Crippen LogP contribution in [0.15, 0.2) is 53.5 Å². The van der Waals surface area contributed by atoms with Gasteiger partial charge in [0.1, 0.15) is 11.4 Å². The molecule has 0 aliphatic carbocycles. The number of methoxy groups -OCH3 is 1. The van der Waals surface area contributed by atoms with Crippen LogP contribution < -0.4 is 15.2 Å². The minimum atomic E-state index is -0.0660. The first-order valence-electron chi connectivity index (χ1n) is 10.5. The Hall–Kier alpha value is -2.82. The molecule has 2 atom stereocenters. The van der Waals surface area contributed by atoms with Crippen LogP contribution in [0.1, 0.15) is 33.1 Å². The van der Waals surface area contributed by atoms with E-state index in [0.29, 0.717) is 11.3 Å². The van der Waals surface area contributed by atoms with E-state index in [9.17, 15) is 4.79 Å². The zero-order valence-corrected chi connectivity index (χ0v) is 17.5. The second kappa shape index (κ2) is 8.27. The topological polar surface area (TPSA) is 46.8 Å². The molecule has 5 heteroatoms. The highest BCUT2D eigenvalue weighted by Crippen LogP contribution is 2.27. The normalized spacial score (nSPS) is 20.3. The molecule has 3 aromatic rings. The van der Waals surface area contributed by atoms with Gasteiger partial charge >= 0.3 is 0 Å². The van der Waals surface area contributed by atoms with Crippen LogP contribution in [-0.2, 0) is 0 Å². The summed E-state index contributed by atoms with van der Waals surface area (Å²) in [6.07, 6.45) is 5.57. The van der Waals surface area contributed by atoms with Crippen molar-refractivity contribution >= 4 is 11.3 Å². The zero-order chi connectivity index (χ0) is 20.4. The van der Waals surface area contributed by atoms with Crippen molar-refractivity contribution in [2.75, 3.05) is 25.1 Å². The first-order valence-corrected chi connectivity index (χ1v) is 10.5. The quantitative estimate of drug-likeness (QED) is 0.653. The number of fused-ring (bicyclic) bond motifs is 1. The number of aromatic nitrogens is 2. The Morgan fingerprint density at radius 2 is 1.86 bits per heavy atom. The lowest BCUT2D eigenvalue weighted by atomic mass is 9.87. The van der Waals surface area contributed by atoms with Crippen LogP contribution in [0.4, 0.5) is 5.69 Å². The smallest absolute Gasteiger partial charge is 0.258 e. The number of rotatable bonds is 3. The predicted molar refractivity (Wildman–Crippen MR) is 118 cm³/mol. The molecule has 0 N–H and O–H groups in total. The Morgan fingerprint density at radius 1 is 1.03 bits per heavy atom. The zero-order valence-electron chi connectivity index (χ0n) is 17.5. The fourth-order valence-corrected chi connectivity index (χ4v) is 4.11. The number of anilines is 1. The molecular formula is C24H29N3O2. The van der Waals surface area contributed by atoms with Crippen LogP contribution >= 0.6 is 0 Å². The number of hydrogen-bond acceptors (Lipinski definition) is 4. The first-order chi connectivity index (χ1) is 14.0. The molecule has 0 saturated carbocycles. The van der Waals surface area contributed by atoms with E-state index in [-0.39, 0.29) is 5.56 Å². The van der Waals surface area contributed by atoms with E-state index >= 15 is 0 Å². The lowest BCUT2D eigenvalue weighted by Crippen LogP contribution is -2.31. The third kappa shape index (κ3) is 4.14. The van der Waals surface area contributed by atoms with Crippen molar-refractivity contribution < 1.29 is 4.74 Å². The summed E-state index contributed by atoms with van der Waals surface area (Å²) < 4.78 is 6.95. The maximum absolute atomic E-state index is 12.9. The highest BCUT2D eigenvalue weighted by molar-refractivity contribution is 5.64. The summed E-state index contributed by atoms with van der Waals surface area (Å²) in [5, 5.41) is 0. The number of hydrogen-bond donors (Lipinski definition) is 0. The van der Waals surface area contributed by atoms with E-state index in [1.807, 2.05) is 36.5 Å². The second-order valence-electron chi connectivity index (χ2n) is 8.20. The summed E-state index contributed by atoms with van der Waals surface area (Å²) in [6.45, 7) is 6.78. The summed E-state index contributed by atoms with van der Waals surface area (Å²) in [6, 6.07) is 13.3. The van der Waals surface area contributed by atoms with Crippen molar-refractivity contribution in [3.8, 4) is 17.0 Å². The Labute approximate surface area is 172 Å². The van der Waals surface area contributed by atoms with Gasteiger partial charge < -0.3 is 9.64 Å². The Bertz CT molecular complexity index is 1060. The lowest BCUT2D eigenvalue weighted by Gasteiger charge is -2.31. The molecule has 1 aromatic carbocycles. The third-order valence-corrected chi connectivity index (χ3v) is 6.29. The largest absolute Gasteiger partial charge is 0.497 e. The minimum absolute atomic E-state index is 0.0660. The van der Waals surface area contributed by atoms with Gasteiger partial charge in [-0.3, -0.25) is 9.20 Å². The summed E-state index contributed by atoms with van der Waals surface area (Å²) >= 11 is 0. The molecule has 2 aromatic heterocycles. The average Bonchev–Trinajstić information content (AvgIpc) is 2.74. The standard InChI is InChI=1S/C24H29N3O2/c1-17-6-5-12-26(13-11-18(17)2)20-9-10-23-25-22(15-24(28)27(23)16-20)19-7-4-8-21(14-19)29-3/h4,7-10,14-18H,5-6,11-13H2,1-3H3. The average molecular weight is 392 g/mol. The molecule has 5 nitrogen and oxygen atoms in total. The van der Waals surface area contributed by atoms with E-state index in [1.54, 1.807) is 17.6 Å². The van der Waals surface area contributed by atoms with Gasteiger partial charge in [-0.1, -0.05) is 26.0 Å². The molecule has 4 rings (SSSR count). The SMILES string of the molecule is COc1cccc(-c2cc(=O)n3cc(N4CCCC(C)C(C)CC4)ccc3n2)c1. The minimum Gasteiger partial charge on any atom is -0.497 e. The molecule has 0 bridgehead atoms. The first kappa shape index (κ1) is 19.5. The van der Waals surface area contributed by atoms with Crippen LogP contribution in [-0.4, -0.2) is 29.6 Å². The van der Waals surface area contributed by atoms with Crippen molar-refractivity contribution in [1.29, 1.82) is 0 Å². The second-order valence-corrected chi connectivity index (χ2v) is 8.20. The monoisotopic (exact) mass is 391 g/mol. The fourth-order valence-electron chi connectivity index (χ4n) is 4.11. The lowest BCUT2D eigenvalue weighted by molar-refractivity contribution is 0.322. The Balaban J connectivity index is 1.66. The van der Waals surface area contributed by atoms with Gasteiger partial charge in [0.25, 0.3) is 5.56 Å². The maximum Gasteiger partial charge on any atom is 0.258 e. The summed E-state index contributed by atoms with van der Waals surface area (Å²) in [5.74, 6) is 2.27. The molecule has 1 fully saturated rings. The van der Waals surface area contributed by atoms with Crippen LogP contribution in [0.3, 0.4) is 0 Å². The van der Waals surface area contributed by atoms with E-state index in [0.717, 1.165) is 41.9 Å². The van der Waals surface area contributed by atoms with Gasteiger partial charge in [0.2, 0.25) is 0 Å². The summed E-state index contributed by atoms with van der Waals surface area (Å²) in [4.78, 5) is 20.0. The molecule has 2 unspecified atom stereocenters. The van der Waals surface area contributed by atoms with Crippen LogP contribution in [0.2, 0.25) is 0 Å². The molecule has 1 saturated heterocycles. The van der Waals surface area contributed by atoms with E-state index in [2.05, 4.69) is 24.8 Å². The highest BCUT2D eigenvalue weighted by atomic mass is 16.5. The van der Waals surface area contributed by atoms with Gasteiger partial charge in [-0.2, -0.15) is 0 Å². The Morgan fingerprint density at radius 3 is 2.69 bits per heavy atom. The van der Waals surface area contributed by atoms with Gasteiger partial charge in [-0.25, -0.2) is 4.98 Å². The maximum atomic E-state index is 12.9. The summed E-state index contributed by atoms with van der Waals surface area (Å²) in [7, 11) is 1.63. The molecule has 1 aliphatic heterocycles. The molecule has 3 heterocycles. The molecular weight excluding hydrogens is 362 g/mol. The van der Waals surface area contributed by atoms with Crippen molar-refractivity contribution in [1.82, 2.24) is 9.38 Å². The van der Waals surface area contributed by atoms with Crippen molar-refractivity contribution in [2.45, 2.75) is 33.1 Å². The molecule has 0 spiro atoms. The van der Waals surface area contributed by atoms with Crippen LogP contribution in [0, 0.1) is 11.8 Å². The van der Waals surface area contributed by atoms with Crippen molar-refractivity contribution in [3.63, 3.8) is 0 Å². The number of benzene rings is 1. The molecule has 0 radical (unpaired) electrons. The van der Waals surface area contributed by atoms with E-state index in [4.69, 9.17) is 9.72 Å². The Kier molecular flexibility index (Phi) is 5.56. The van der Waals surface area contributed by atoms with Crippen LogP contribution in [0.25, 0.3) is 16.9 Å². The molecule has 0 amide bonds. The van der Waals surface area contributed by atoms with Gasteiger partial charge in [0.15, 0.2) is 0 Å². The van der Waals surface area contributed by atoms with Crippen molar-refractivity contribution in [2.24, 2.45) is 11.8 Å². The number of ether oxygens (including phenoxy) is 1. The highest BCUT2D eigenvalue weighted by Gasteiger charge is 2.18. The molecule has 29 heavy (non-hydrogen) atoms. The molecule has 1 aliphatic rings. The van der Waals surface area contributed by atoms with E-state index < -0.39 is 0 Å². The van der Waals surface area contributed by atoms with Crippen LogP contribution in [0.5, 0.6) is 5.75 Å². The van der Waals surface area contributed by atoms with Gasteiger partial charge in [-0.15, -0.1) is 0 Å². The number of pyridine rings is 1. The third-order valence-electron chi connectivity index (χ3n) is 6.29. The van der Waals surface area contributed by atoms with Gasteiger partial charge in [0, 0.05) is 30.9 Å². The van der Waals surface area contributed by atoms with Gasteiger partial charge in [-0.05, 0) is 55.4 Å². The summed E-state index contributed by atoms with van der Waals surface area (Å²) in [5.41, 5.74) is 3.23.